The van der Waals surface area contributed by atoms with Crippen molar-refractivity contribution in [2.24, 2.45) is 5.92 Å². The number of nitrogens with one attached hydrogen (secondary N) is 2. The molecule has 0 aromatic heterocycles. The molecule has 2 aromatic carbocycles. The first-order valence-corrected chi connectivity index (χ1v) is 15.0. The van der Waals surface area contributed by atoms with Crippen LogP contribution in [0.25, 0.3) is 0 Å². The summed E-state index contributed by atoms with van der Waals surface area (Å²) in [5.41, 5.74) is 1.89. The van der Waals surface area contributed by atoms with Gasteiger partial charge >= 0.3 is 6.09 Å². The van der Waals surface area contributed by atoms with Crippen molar-refractivity contribution in [3.8, 4) is 0 Å². The maximum atomic E-state index is 13.3. The molecule has 1 aliphatic carbocycles. The Bertz CT molecular complexity index is 1120. The van der Waals surface area contributed by atoms with E-state index in [0.29, 0.717) is 36.7 Å². The Morgan fingerprint density at radius 1 is 1.02 bits per heavy atom. The van der Waals surface area contributed by atoms with Crippen LogP contribution in [0.5, 0.6) is 0 Å². The first-order valence-electron chi connectivity index (χ1n) is 14.6. The Hall–Kier alpha value is -3.39. The van der Waals surface area contributed by atoms with Crippen LogP contribution in [-0.4, -0.2) is 54.3 Å². The second-order valence-corrected chi connectivity index (χ2v) is 11.1. The van der Waals surface area contributed by atoms with E-state index in [1.54, 1.807) is 29.2 Å². The predicted octanol–water partition coefficient (Wildman–Crippen LogP) is 5.46. The standard InChI is InChI=1S/C32H42ClN3O5/c1-2-36(19-18-24-10-5-3-6-11-24)30(38)17-16-28(22-37)34-31(39)29(21-25-12-7-4-8-13-25)35-32(40)41-23-26-14-9-15-27(33)20-26/h3,5-6,9-11,14-15,20,22,25,28-29H,2,4,7-8,12-13,16-19,21,23H2,1H3,(H,34,39)(H,35,40)/t28-,29-/m0/s1. The minimum atomic E-state index is -0.846. The highest BCUT2D eigenvalue weighted by molar-refractivity contribution is 6.30. The average molecular weight is 584 g/mol. The maximum absolute atomic E-state index is 13.3. The fraction of sp³-hybridized carbons (Fsp3) is 0.500. The monoisotopic (exact) mass is 583 g/mol. The summed E-state index contributed by atoms with van der Waals surface area (Å²) in [6.45, 7) is 3.09. The molecule has 0 bridgehead atoms. The number of ether oxygens (including phenoxy) is 1. The molecule has 41 heavy (non-hydrogen) atoms. The average Bonchev–Trinajstić information content (AvgIpc) is 2.99. The van der Waals surface area contributed by atoms with Crippen molar-refractivity contribution in [2.75, 3.05) is 13.1 Å². The van der Waals surface area contributed by atoms with Gasteiger partial charge < -0.3 is 25.1 Å². The molecule has 8 nitrogen and oxygen atoms in total. The van der Waals surface area contributed by atoms with Crippen LogP contribution in [0.15, 0.2) is 54.6 Å². The summed E-state index contributed by atoms with van der Waals surface area (Å²) in [5.74, 6) is -0.214. The quantitative estimate of drug-likeness (QED) is 0.271. The van der Waals surface area contributed by atoms with Gasteiger partial charge in [-0.1, -0.05) is 86.2 Å². The highest BCUT2D eigenvalue weighted by atomic mass is 35.5. The number of carbonyl (C=O) groups excluding carboxylic acids is 4. The van der Waals surface area contributed by atoms with Crippen molar-refractivity contribution in [3.05, 3.63) is 70.7 Å². The van der Waals surface area contributed by atoms with Gasteiger partial charge in [-0.3, -0.25) is 9.59 Å². The maximum Gasteiger partial charge on any atom is 0.408 e. The topological polar surface area (TPSA) is 105 Å². The summed E-state index contributed by atoms with van der Waals surface area (Å²) >= 11 is 6.01. The third-order valence-electron chi connectivity index (χ3n) is 7.57. The van der Waals surface area contributed by atoms with Crippen molar-refractivity contribution < 1.29 is 23.9 Å². The van der Waals surface area contributed by atoms with Crippen LogP contribution in [0.3, 0.4) is 0 Å². The molecule has 9 heteroatoms. The van der Waals surface area contributed by atoms with E-state index in [4.69, 9.17) is 16.3 Å². The number of hydrogen-bond acceptors (Lipinski definition) is 5. The lowest BCUT2D eigenvalue weighted by Gasteiger charge is -2.27. The van der Waals surface area contributed by atoms with Gasteiger partial charge in [0.15, 0.2) is 0 Å². The Morgan fingerprint density at radius 2 is 1.76 bits per heavy atom. The molecule has 0 unspecified atom stereocenters. The fourth-order valence-electron chi connectivity index (χ4n) is 5.21. The van der Waals surface area contributed by atoms with Crippen LogP contribution in [0.2, 0.25) is 5.02 Å². The lowest BCUT2D eigenvalue weighted by atomic mass is 9.84. The molecule has 2 N–H and O–H groups in total. The van der Waals surface area contributed by atoms with E-state index < -0.39 is 24.1 Å². The molecular formula is C32H42ClN3O5. The Balaban J connectivity index is 1.53. The second-order valence-electron chi connectivity index (χ2n) is 10.6. The van der Waals surface area contributed by atoms with Crippen molar-refractivity contribution in [2.45, 2.75) is 83.4 Å². The van der Waals surface area contributed by atoms with Gasteiger partial charge in [-0.15, -0.1) is 0 Å². The van der Waals surface area contributed by atoms with Crippen LogP contribution in [0, 0.1) is 5.92 Å². The van der Waals surface area contributed by atoms with Crippen molar-refractivity contribution in [1.29, 1.82) is 0 Å². The molecule has 0 heterocycles. The van der Waals surface area contributed by atoms with Crippen molar-refractivity contribution in [3.63, 3.8) is 0 Å². The number of benzene rings is 2. The summed E-state index contributed by atoms with van der Waals surface area (Å²) in [6, 6.07) is 15.3. The number of halogens is 1. The van der Waals surface area contributed by atoms with E-state index in [1.165, 1.54) is 6.42 Å². The number of rotatable bonds is 15. The first-order chi connectivity index (χ1) is 19.9. The lowest BCUT2D eigenvalue weighted by Crippen LogP contribution is -2.51. The van der Waals surface area contributed by atoms with Crippen LogP contribution >= 0.6 is 11.6 Å². The van der Waals surface area contributed by atoms with Gasteiger partial charge in [0.2, 0.25) is 11.8 Å². The number of hydrogen-bond donors (Lipinski definition) is 2. The summed E-state index contributed by atoms with van der Waals surface area (Å²) in [7, 11) is 0. The third-order valence-corrected chi connectivity index (χ3v) is 7.81. The summed E-state index contributed by atoms with van der Waals surface area (Å²) < 4.78 is 5.35. The Labute approximate surface area is 248 Å². The predicted molar refractivity (Wildman–Crippen MR) is 159 cm³/mol. The highest BCUT2D eigenvalue weighted by Gasteiger charge is 2.28. The molecule has 0 saturated heterocycles. The molecule has 2 aromatic rings. The molecule has 2 atom stereocenters. The molecular weight excluding hydrogens is 542 g/mol. The van der Waals surface area contributed by atoms with Gasteiger partial charge in [-0.2, -0.15) is 0 Å². The van der Waals surface area contributed by atoms with Crippen LogP contribution < -0.4 is 10.6 Å². The minimum absolute atomic E-state index is 0.0153. The molecule has 0 spiro atoms. The van der Waals surface area contributed by atoms with E-state index in [2.05, 4.69) is 10.6 Å². The zero-order valence-corrected chi connectivity index (χ0v) is 24.6. The van der Waals surface area contributed by atoms with Gasteiger partial charge in [0.05, 0.1) is 6.04 Å². The van der Waals surface area contributed by atoms with E-state index in [9.17, 15) is 19.2 Å². The van der Waals surface area contributed by atoms with Crippen LogP contribution in [0.1, 0.15) is 69.4 Å². The highest BCUT2D eigenvalue weighted by Crippen LogP contribution is 2.27. The van der Waals surface area contributed by atoms with Gasteiger partial charge in [0, 0.05) is 24.5 Å². The van der Waals surface area contributed by atoms with E-state index in [0.717, 1.165) is 43.2 Å². The Kier molecular flexibility index (Phi) is 13.7. The number of nitrogens with zero attached hydrogens (tertiary/aromatic N) is 1. The van der Waals surface area contributed by atoms with Gasteiger partial charge in [-0.25, -0.2) is 4.79 Å². The third kappa shape index (κ3) is 11.6. The zero-order chi connectivity index (χ0) is 29.5. The lowest BCUT2D eigenvalue weighted by molar-refractivity contribution is -0.132. The van der Waals surface area contributed by atoms with Crippen LogP contribution in [-0.2, 0) is 32.1 Å². The van der Waals surface area contributed by atoms with Gasteiger partial charge in [0.25, 0.3) is 0 Å². The molecule has 0 aliphatic heterocycles. The summed E-state index contributed by atoms with van der Waals surface area (Å²) in [5, 5.41) is 5.99. The minimum Gasteiger partial charge on any atom is -0.445 e. The van der Waals surface area contributed by atoms with Crippen molar-refractivity contribution in [1.82, 2.24) is 15.5 Å². The van der Waals surface area contributed by atoms with Gasteiger partial charge in [-0.05, 0) is 55.4 Å². The molecule has 3 amide bonds. The Morgan fingerprint density at radius 3 is 2.44 bits per heavy atom. The summed E-state index contributed by atoms with van der Waals surface area (Å²) in [4.78, 5) is 52.4. The second kappa shape index (κ2) is 17.4. The first kappa shape index (κ1) is 32.1. The largest absolute Gasteiger partial charge is 0.445 e. The van der Waals surface area contributed by atoms with E-state index >= 15 is 0 Å². The molecule has 222 valence electrons. The fourth-order valence-corrected chi connectivity index (χ4v) is 5.42. The van der Waals surface area contributed by atoms with Crippen molar-refractivity contribution >= 4 is 35.8 Å². The number of amides is 3. The molecule has 1 saturated carbocycles. The normalized spacial score (nSPS) is 14.9. The molecule has 1 aliphatic rings. The molecule has 3 rings (SSSR count). The number of carbonyl (C=O) groups is 4. The van der Waals surface area contributed by atoms with E-state index in [-0.39, 0.29) is 25.4 Å². The van der Waals surface area contributed by atoms with Gasteiger partial charge in [0.1, 0.15) is 18.9 Å². The van der Waals surface area contributed by atoms with E-state index in [1.807, 2.05) is 37.3 Å². The molecule has 0 radical (unpaired) electrons. The zero-order valence-electron chi connectivity index (χ0n) is 23.9. The SMILES string of the molecule is CCN(CCc1ccccc1)C(=O)CC[C@@H](C=O)NC(=O)[C@H](CC1CCCCC1)NC(=O)OCc1cccc(Cl)c1. The smallest absolute Gasteiger partial charge is 0.408 e. The molecule has 1 fully saturated rings. The van der Waals surface area contributed by atoms with Crippen LogP contribution in [0.4, 0.5) is 4.79 Å². The summed E-state index contributed by atoms with van der Waals surface area (Å²) in [6.07, 6.45) is 6.81. The number of alkyl carbamates (subject to hydrolysis) is 1. The number of aldehydes is 1. The number of likely N-dealkylation sites (N-methyl/N-ethyl adjacent to an activating group) is 1.